The van der Waals surface area contributed by atoms with E-state index in [0.717, 1.165) is 52.1 Å². The fourth-order valence-electron chi connectivity index (χ4n) is 4.54. The largest absolute Gasteiger partial charge is 0.381 e. The first-order valence-electron chi connectivity index (χ1n) is 10.5. The van der Waals surface area contributed by atoms with Crippen molar-refractivity contribution in [1.82, 2.24) is 31.7 Å². The molecule has 0 spiro atoms. The smallest absolute Gasteiger partial charge is 0.332 e. The molecule has 2 amide bonds. The second-order valence-electron chi connectivity index (χ2n) is 8.60. The van der Waals surface area contributed by atoms with E-state index in [-0.39, 0.29) is 29.9 Å². The predicted molar refractivity (Wildman–Crippen MR) is 105 cm³/mol. The standard InChI is InChI=1S/C19H34N6O3/c1-19(2)15-11-20-17(21-13-3-7-27-8-4-13)22-16(15)12-25(19)18(26)24-23-14-5-9-28-10-6-14/h11,13-14,16-17,20-23H,3-10,12H2,1-2H3,(H,24,26). The highest BCUT2D eigenvalue weighted by molar-refractivity contribution is 5.76. The quantitative estimate of drug-likeness (QED) is 0.427. The molecule has 4 rings (SSSR count). The predicted octanol–water partition coefficient (Wildman–Crippen LogP) is -0.0287. The highest BCUT2D eigenvalue weighted by atomic mass is 16.5. The molecule has 9 nitrogen and oxygen atoms in total. The zero-order valence-electron chi connectivity index (χ0n) is 16.9. The van der Waals surface area contributed by atoms with Crippen LogP contribution in [0.3, 0.4) is 0 Å². The fraction of sp³-hybridized carbons (Fsp3) is 0.842. The van der Waals surface area contributed by atoms with Crippen LogP contribution in [0.5, 0.6) is 0 Å². The first kappa shape index (κ1) is 19.9. The van der Waals surface area contributed by atoms with Gasteiger partial charge in [-0.15, -0.1) is 0 Å². The van der Waals surface area contributed by atoms with Crippen molar-refractivity contribution in [2.45, 2.75) is 69.5 Å². The van der Waals surface area contributed by atoms with E-state index in [1.807, 2.05) is 4.90 Å². The minimum absolute atomic E-state index is 0.0102. The lowest BCUT2D eigenvalue weighted by Gasteiger charge is -2.36. The summed E-state index contributed by atoms with van der Waals surface area (Å²) in [5.74, 6) is 0. The van der Waals surface area contributed by atoms with E-state index < -0.39 is 0 Å². The van der Waals surface area contributed by atoms with Crippen LogP contribution in [0.4, 0.5) is 4.79 Å². The van der Waals surface area contributed by atoms with E-state index in [0.29, 0.717) is 12.6 Å². The number of fused-ring (bicyclic) bond motifs is 1. The molecule has 3 saturated heterocycles. The molecule has 0 aromatic heterocycles. The molecule has 0 aromatic rings. The average Bonchev–Trinajstić information content (AvgIpc) is 2.98. The monoisotopic (exact) mass is 394 g/mol. The zero-order valence-corrected chi connectivity index (χ0v) is 16.9. The lowest BCUT2D eigenvalue weighted by Crippen LogP contribution is -2.61. The molecule has 4 aliphatic rings. The molecule has 158 valence electrons. The highest BCUT2D eigenvalue weighted by Crippen LogP contribution is 2.35. The molecule has 3 fully saturated rings. The number of carbonyl (C=O) groups is 1. The number of rotatable bonds is 4. The molecule has 2 unspecified atom stereocenters. The van der Waals surface area contributed by atoms with Crippen molar-refractivity contribution in [2.75, 3.05) is 33.0 Å². The number of hydrogen-bond donors (Lipinski definition) is 5. The Morgan fingerprint density at radius 3 is 2.43 bits per heavy atom. The number of carbonyl (C=O) groups excluding carboxylic acids is 1. The summed E-state index contributed by atoms with van der Waals surface area (Å²) in [6.45, 7) is 7.97. The van der Waals surface area contributed by atoms with Crippen molar-refractivity contribution in [1.29, 1.82) is 0 Å². The molecule has 0 aromatic carbocycles. The lowest BCUT2D eigenvalue weighted by molar-refractivity contribution is 0.0715. The third-order valence-electron chi connectivity index (χ3n) is 6.37. The first-order valence-corrected chi connectivity index (χ1v) is 10.5. The summed E-state index contributed by atoms with van der Waals surface area (Å²) >= 11 is 0. The third-order valence-corrected chi connectivity index (χ3v) is 6.37. The van der Waals surface area contributed by atoms with E-state index in [1.54, 1.807) is 0 Å². The summed E-state index contributed by atoms with van der Waals surface area (Å²) in [6, 6.07) is 0.786. The Morgan fingerprint density at radius 1 is 1.11 bits per heavy atom. The van der Waals surface area contributed by atoms with Crippen LogP contribution in [0.25, 0.3) is 0 Å². The second-order valence-corrected chi connectivity index (χ2v) is 8.60. The van der Waals surface area contributed by atoms with Crippen LogP contribution < -0.4 is 26.8 Å². The van der Waals surface area contributed by atoms with Gasteiger partial charge in [0.25, 0.3) is 0 Å². The zero-order chi connectivity index (χ0) is 19.6. The molecule has 4 heterocycles. The summed E-state index contributed by atoms with van der Waals surface area (Å²) in [5, 5.41) is 10.7. The van der Waals surface area contributed by atoms with Crippen molar-refractivity contribution in [3.63, 3.8) is 0 Å². The number of amides is 2. The Kier molecular flexibility index (Phi) is 6.07. The molecular weight excluding hydrogens is 360 g/mol. The second kappa shape index (κ2) is 8.54. The number of hydrazine groups is 1. The van der Waals surface area contributed by atoms with Gasteiger partial charge in [0, 0.05) is 51.3 Å². The molecule has 0 aliphatic carbocycles. The van der Waals surface area contributed by atoms with Gasteiger partial charge in [-0.3, -0.25) is 16.1 Å². The van der Waals surface area contributed by atoms with Gasteiger partial charge in [0.1, 0.15) is 6.29 Å². The van der Waals surface area contributed by atoms with E-state index >= 15 is 0 Å². The van der Waals surface area contributed by atoms with Gasteiger partial charge in [-0.25, -0.2) is 10.2 Å². The Bertz CT molecular complexity index is 586. The van der Waals surface area contributed by atoms with Gasteiger partial charge < -0.3 is 19.7 Å². The highest BCUT2D eigenvalue weighted by Gasteiger charge is 2.47. The molecule has 4 aliphatic heterocycles. The fourth-order valence-corrected chi connectivity index (χ4v) is 4.54. The van der Waals surface area contributed by atoms with Crippen LogP contribution in [-0.2, 0) is 9.47 Å². The lowest BCUT2D eigenvalue weighted by atomic mass is 9.92. The SMILES string of the molecule is CC1(C)C2=CNC(NC3CCOCC3)NC2CN1C(=O)NNC1CCOCC1. The Labute approximate surface area is 166 Å². The summed E-state index contributed by atoms with van der Waals surface area (Å²) < 4.78 is 10.8. The normalized spacial score (nSPS) is 31.1. The van der Waals surface area contributed by atoms with Crippen LogP contribution in [0.15, 0.2) is 11.8 Å². The van der Waals surface area contributed by atoms with Crippen LogP contribution >= 0.6 is 0 Å². The van der Waals surface area contributed by atoms with Crippen LogP contribution in [0.1, 0.15) is 39.5 Å². The number of urea groups is 1. The maximum atomic E-state index is 12.9. The van der Waals surface area contributed by atoms with E-state index in [1.165, 1.54) is 5.57 Å². The van der Waals surface area contributed by atoms with Gasteiger partial charge >= 0.3 is 6.03 Å². The van der Waals surface area contributed by atoms with Gasteiger partial charge in [-0.1, -0.05) is 0 Å². The molecule has 28 heavy (non-hydrogen) atoms. The topological polar surface area (TPSA) is 98.9 Å². The Hall–Kier alpha value is -1.39. The van der Waals surface area contributed by atoms with E-state index in [9.17, 15) is 4.79 Å². The van der Waals surface area contributed by atoms with Crippen LogP contribution in [0, 0.1) is 0 Å². The van der Waals surface area contributed by atoms with Gasteiger partial charge in [0.05, 0.1) is 11.6 Å². The van der Waals surface area contributed by atoms with Crippen LogP contribution in [-0.4, -0.2) is 73.9 Å². The molecule has 0 radical (unpaired) electrons. The van der Waals surface area contributed by atoms with E-state index in [4.69, 9.17) is 9.47 Å². The molecule has 5 N–H and O–H groups in total. The minimum atomic E-state index is -0.351. The number of nitrogens with zero attached hydrogens (tertiary/aromatic N) is 1. The summed E-state index contributed by atoms with van der Waals surface area (Å²) in [5.41, 5.74) is 6.95. The maximum Gasteiger partial charge on any atom is 0.332 e. The summed E-state index contributed by atoms with van der Waals surface area (Å²) in [6.07, 6.45) is 5.98. The molecule has 9 heteroatoms. The number of ether oxygens (including phenoxy) is 2. The number of hydrogen-bond acceptors (Lipinski definition) is 7. The average molecular weight is 395 g/mol. The van der Waals surface area contributed by atoms with Gasteiger partial charge in [0.2, 0.25) is 0 Å². The van der Waals surface area contributed by atoms with Crippen molar-refractivity contribution >= 4 is 6.03 Å². The number of likely N-dealkylation sites (tertiary alicyclic amines) is 1. The van der Waals surface area contributed by atoms with Crippen molar-refractivity contribution < 1.29 is 14.3 Å². The summed E-state index contributed by atoms with van der Waals surface area (Å²) in [4.78, 5) is 14.8. The maximum absolute atomic E-state index is 12.9. The number of nitrogens with one attached hydrogen (secondary N) is 5. The third kappa shape index (κ3) is 4.28. The summed E-state index contributed by atoms with van der Waals surface area (Å²) in [7, 11) is 0. The minimum Gasteiger partial charge on any atom is -0.381 e. The van der Waals surface area contributed by atoms with Gasteiger partial charge in [-0.05, 0) is 45.1 Å². The molecule has 0 saturated carbocycles. The molecule has 2 atom stereocenters. The molecule has 0 bridgehead atoms. The van der Waals surface area contributed by atoms with Crippen molar-refractivity contribution in [3.8, 4) is 0 Å². The van der Waals surface area contributed by atoms with Crippen LogP contribution in [0.2, 0.25) is 0 Å². The Balaban J connectivity index is 1.32. The van der Waals surface area contributed by atoms with Gasteiger partial charge in [0.15, 0.2) is 0 Å². The van der Waals surface area contributed by atoms with Gasteiger partial charge in [-0.2, -0.15) is 0 Å². The van der Waals surface area contributed by atoms with Crippen molar-refractivity contribution in [2.24, 2.45) is 0 Å². The van der Waals surface area contributed by atoms with E-state index in [2.05, 4.69) is 46.8 Å². The molecular formula is C19H34N6O3. The Morgan fingerprint density at radius 2 is 1.75 bits per heavy atom. The van der Waals surface area contributed by atoms with Crippen molar-refractivity contribution in [3.05, 3.63) is 11.8 Å². The first-order chi connectivity index (χ1) is 13.5.